The Morgan fingerprint density at radius 3 is 2.12 bits per heavy atom. The summed E-state index contributed by atoms with van der Waals surface area (Å²) in [6, 6.07) is 11.0. The first-order chi connectivity index (χ1) is 15.8. The second kappa shape index (κ2) is 11.1. The third-order valence-electron chi connectivity index (χ3n) is 6.34. The molecule has 1 aliphatic rings. The van der Waals surface area contributed by atoms with Crippen LogP contribution < -0.4 is 11.1 Å². The second-order valence-corrected chi connectivity index (χ2v) is 9.42. The van der Waals surface area contributed by atoms with Crippen molar-refractivity contribution in [3.05, 3.63) is 69.2 Å². The molecule has 0 unspecified atom stereocenters. The Morgan fingerprint density at radius 2 is 1.58 bits per heavy atom. The minimum atomic E-state index is -1.09. The summed E-state index contributed by atoms with van der Waals surface area (Å²) in [5.74, 6) is -1.51. The summed E-state index contributed by atoms with van der Waals surface area (Å²) in [6.45, 7) is 0.394. The Labute approximate surface area is 203 Å². The van der Waals surface area contributed by atoms with Crippen molar-refractivity contribution in [3.8, 4) is 0 Å². The summed E-state index contributed by atoms with van der Waals surface area (Å²) in [6.07, 6.45) is 4.19. The molecule has 176 valence electrons. The van der Waals surface area contributed by atoms with Gasteiger partial charge in [-0.3, -0.25) is 9.59 Å². The summed E-state index contributed by atoms with van der Waals surface area (Å²) in [4.78, 5) is 37.4. The van der Waals surface area contributed by atoms with Gasteiger partial charge in [-0.2, -0.15) is 0 Å². The number of nitrogens with one attached hydrogen (secondary N) is 1. The zero-order valence-electron chi connectivity index (χ0n) is 18.3. The van der Waals surface area contributed by atoms with Crippen LogP contribution in [-0.4, -0.2) is 35.4 Å². The molecule has 4 N–H and O–H groups in total. The van der Waals surface area contributed by atoms with Crippen LogP contribution in [0.25, 0.3) is 0 Å². The van der Waals surface area contributed by atoms with Crippen molar-refractivity contribution in [1.82, 2.24) is 5.32 Å². The number of hydrogen-bond acceptors (Lipinski definition) is 4. The summed E-state index contributed by atoms with van der Waals surface area (Å²) < 4.78 is 0. The lowest BCUT2D eigenvalue weighted by Crippen LogP contribution is -2.49. The van der Waals surface area contributed by atoms with Crippen LogP contribution in [0.2, 0.25) is 10.0 Å². The molecule has 1 amide bonds. The molecule has 0 saturated heterocycles. The smallest absolute Gasteiger partial charge is 0.326 e. The third kappa shape index (κ3) is 6.14. The molecule has 6 nitrogen and oxygen atoms in total. The molecule has 0 heterocycles. The standard InChI is InChI=1S/C25H28Cl2N2O4/c26-18-4-3-5-19(27)22(18)21(30)15-17-8-6-16(7-9-17)14-20(23(31)32)29-24(33)25(12-13-28)10-1-2-11-25/h3-9,20H,1-2,10-15,28H2,(H,29,33)(H,31,32)/t20-/m0/s1. The summed E-state index contributed by atoms with van der Waals surface area (Å²) in [5, 5.41) is 13.0. The summed E-state index contributed by atoms with van der Waals surface area (Å²) in [7, 11) is 0. The predicted octanol–water partition coefficient (Wildman–Crippen LogP) is 4.44. The van der Waals surface area contributed by atoms with Crippen LogP contribution in [0.15, 0.2) is 42.5 Å². The maximum atomic E-state index is 12.9. The van der Waals surface area contributed by atoms with E-state index in [9.17, 15) is 19.5 Å². The average Bonchev–Trinajstić information content (AvgIpc) is 3.24. The molecule has 8 heteroatoms. The van der Waals surface area contributed by atoms with Crippen molar-refractivity contribution in [2.75, 3.05) is 6.54 Å². The van der Waals surface area contributed by atoms with E-state index in [1.807, 2.05) is 0 Å². The number of carbonyl (C=O) groups excluding carboxylic acids is 2. The Balaban J connectivity index is 1.66. The van der Waals surface area contributed by atoms with Crippen molar-refractivity contribution in [2.24, 2.45) is 11.1 Å². The van der Waals surface area contributed by atoms with Crippen LogP contribution in [0, 0.1) is 5.41 Å². The Morgan fingerprint density at radius 1 is 1.00 bits per heavy atom. The molecule has 0 aromatic heterocycles. The number of carbonyl (C=O) groups is 3. The van der Waals surface area contributed by atoms with Crippen molar-refractivity contribution >= 4 is 40.9 Å². The van der Waals surface area contributed by atoms with Crippen LogP contribution in [0.4, 0.5) is 0 Å². The molecule has 2 aromatic rings. The van der Waals surface area contributed by atoms with Gasteiger partial charge in [-0.1, -0.05) is 66.4 Å². The van der Waals surface area contributed by atoms with Crippen LogP contribution in [0.3, 0.4) is 0 Å². The highest BCUT2D eigenvalue weighted by Crippen LogP contribution is 2.41. The minimum absolute atomic E-state index is 0.116. The van der Waals surface area contributed by atoms with Gasteiger partial charge in [-0.15, -0.1) is 0 Å². The highest BCUT2D eigenvalue weighted by molar-refractivity contribution is 6.39. The third-order valence-corrected chi connectivity index (χ3v) is 6.97. The Hall–Kier alpha value is -2.41. The molecule has 0 bridgehead atoms. The number of benzene rings is 2. The fraction of sp³-hybridized carbons (Fsp3) is 0.400. The van der Waals surface area contributed by atoms with E-state index >= 15 is 0 Å². The maximum absolute atomic E-state index is 12.9. The number of rotatable bonds is 10. The number of amides is 1. The quantitative estimate of drug-likeness (QED) is 0.426. The van der Waals surface area contributed by atoms with Crippen molar-refractivity contribution in [1.29, 1.82) is 0 Å². The van der Waals surface area contributed by atoms with Gasteiger partial charge < -0.3 is 16.2 Å². The van der Waals surface area contributed by atoms with E-state index < -0.39 is 17.4 Å². The molecule has 1 atom stereocenters. The molecule has 33 heavy (non-hydrogen) atoms. The zero-order valence-corrected chi connectivity index (χ0v) is 19.8. The van der Waals surface area contributed by atoms with Crippen molar-refractivity contribution < 1.29 is 19.5 Å². The molecular weight excluding hydrogens is 463 g/mol. The van der Waals surface area contributed by atoms with Gasteiger partial charge >= 0.3 is 5.97 Å². The van der Waals surface area contributed by atoms with E-state index in [1.165, 1.54) is 0 Å². The average molecular weight is 491 g/mol. The number of hydrogen-bond donors (Lipinski definition) is 3. The van der Waals surface area contributed by atoms with E-state index in [0.717, 1.165) is 36.8 Å². The zero-order chi connectivity index (χ0) is 24.0. The molecule has 0 radical (unpaired) electrons. The van der Waals surface area contributed by atoms with Crippen LogP contribution in [0.1, 0.15) is 53.6 Å². The Kier molecular flexibility index (Phi) is 8.51. The molecule has 2 aromatic carbocycles. The topological polar surface area (TPSA) is 109 Å². The van der Waals surface area contributed by atoms with E-state index in [1.54, 1.807) is 42.5 Å². The second-order valence-electron chi connectivity index (χ2n) is 8.61. The predicted molar refractivity (Wildman–Crippen MR) is 129 cm³/mol. The number of halogens is 2. The van der Waals surface area contributed by atoms with E-state index in [-0.39, 0.29) is 30.1 Å². The Bertz CT molecular complexity index is 997. The van der Waals surface area contributed by atoms with Gasteiger partial charge in [0.05, 0.1) is 21.0 Å². The van der Waals surface area contributed by atoms with Gasteiger partial charge in [0.25, 0.3) is 0 Å². The number of Topliss-reactive ketones (excluding diaryl/α,β-unsaturated/α-hetero) is 1. The van der Waals surface area contributed by atoms with Gasteiger partial charge in [-0.25, -0.2) is 4.79 Å². The molecule has 1 aliphatic carbocycles. The van der Waals surface area contributed by atoms with Crippen molar-refractivity contribution in [2.45, 2.75) is 51.0 Å². The van der Waals surface area contributed by atoms with Crippen LogP contribution in [-0.2, 0) is 22.4 Å². The van der Waals surface area contributed by atoms with Crippen LogP contribution >= 0.6 is 23.2 Å². The largest absolute Gasteiger partial charge is 0.480 e. The first kappa shape index (κ1) is 25.2. The number of carboxylic acid groups (broad SMARTS) is 1. The fourth-order valence-electron chi connectivity index (χ4n) is 4.50. The number of nitrogens with two attached hydrogens (primary N) is 1. The molecule has 3 rings (SSSR count). The number of aliphatic carboxylic acids is 1. The first-order valence-corrected chi connectivity index (χ1v) is 11.8. The van der Waals surface area contributed by atoms with Crippen molar-refractivity contribution in [3.63, 3.8) is 0 Å². The van der Waals surface area contributed by atoms with E-state index in [2.05, 4.69) is 5.32 Å². The highest BCUT2D eigenvalue weighted by atomic mass is 35.5. The summed E-state index contributed by atoms with van der Waals surface area (Å²) >= 11 is 12.2. The monoisotopic (exact) mass is 490 g/mol. The normalized spacial score (nSPS) is 15.7. The molecule has 1 fully saturated rings. The van der Waals surface area contributed by atoms with Gasteiger partial charge in [0, 0.05) is 12.8 Å². The van der Waals surface area contributed by atoms with Gasteiger partial charge in [0.2, 0.25) is 5.91 Å². The maximum Gasteiger partial charge on any atom is 0.326 e. The van der Waals surface area contributed by atoms with E-state index in [0.29, 0.717) is 23.0 Å². The lowest BCUT2D eigenvalue weighted by molar-refractivity contribution is -0.144. The lowest BCUT2D eigenvalue weighted by Gasteiger charge is -2.29. The number of carboxylic acids is 1. The number of ketones is 1. The SMILES string of the molecule is NCCC1(C(=O)N[C@@H](Cc2ccc(CC(=O)c3c(Cl)cccc3Cl)cc2)C(=O)O)CCCC1. The van der Waals surface area contributed by atoms with Gasteiger partial charge in [0.15, 0.2) is 5.78 Å². The fourth-order valence-corrected chi connectivity index (χ4v) is 5.11. The summed E-state index contributed by atoms with van der Waals surface area (Å²) in [5.41, 5.74) is 6.94. The van der Waals surface area contributed by atoms with Gasteiger partial charge in [0.1, 0.15) is 6.04 Å². The van der Waals surface area contributed by atoms with Crippen LogP contribution in [0.5, 0.6) is 0 Å². The highest BCUT2D eigenvalue weighted by Gasteiger charge is 2.41. The lowest BCUT2D eigenvalue weighted by atomic mass is 9.81. The molecule has 0 spiro atoms. The minimum Gasteiger partial charge on any atom is -0.480 e. The van der Waals surface area contributed by atoms with Gasteiger partial charge in [-0.05, 0) is 49.1 Å². The molecular formula is C25H28Cl2N2O4. The first-order valence-electron chi connectivity index (χ1n) is 11.0. The molecule has 1 saturated carbocycles. The molecule has 0 aliphatic heterocycles. The van der Waals surface area contributed by atoms with E-state index in [4.69, 9.17) is 28.9 Å².